The van der Waals surface area contributed by atoms with Crippen LogP contribution in [0.25, 0.3) is 16.2 Å². The third-order valence-corrected chi connectivity index (χ3v) is 4.49. The molecule has 14 nitrogen and oxygen atoms in total. The summed E-state index contributed by atoms with van der Waals surface area (Å²) in [7, 11) is 0. The fourth-order valence-electron chi connectivity index (χ4n) is 2.85. The number of amides is 1. The van der Waals surface area contributed by atoms with Crippen molar-refractivity contribution in [2.24, 2.45) is 0 Å². The van der Waals surface area contributed by atoms with Gasteiger partial charge in [0.25, 0.3) is 11.5 Å². The molecule has 3 aromatic rings. The van der Waals surface area contributed by atoms with Gasteiger partial charge in [0.2, 0.25) is 5.95 Å². The maximum Gasteiger partial charge on any atom is 0.395 e. The number of benzene rings is 1. The Morgan fingerprint density at radius 2 is 1.97 bits per heavy atom. The molecule has 0 bridgehead atoms. The molecule has 0 aliphatic carbocycles. The molecule has 0 saturated carbocycles. The fourth-order valence-corrected chi connectivity index (χ4v) is 2.85. The van der Waals surface area contributed by atoms with E-state index in [0.29, 0.717) is 11.4 Å². The highest BCUT2D eigenvalue weighted by molar-refractivity contribution is 5.97. The number of fused-ring (bicyclic) bond motifs is 1. The van der Waals surface area contributed by atoms with Crippen molar-refractivity contribution in [2.45, 2.75) is 25.4 Å². The lowest BCUT2D eigenvalue weighted by Gasteiger charge is -2.14. The second-order valence-electron chi connectivity index (χ2n) is 6.87. The predicted molar refractivity (Wildman–Crippen MR) is 117 cm³/mol. The Kier molecular flexibility index (Phi) is 7.29. The Balaban J connectivity index is 1.60. The van der Waals surface area contributed by atoms with Gasteiger partial charge in [0.05, 0.1) is 24.9 Å². The summed E-state index contributed by atoms with van der Waals surface area (Å²) in [6, 6.07) is 4.83. The Hall–Kier alpha value is -5.06. The van der Waals surface area contributed by atoms with Crippen LogP contribution in [0, 0.1) is 6.57 Å². The summed E-state index contributed by atoms with van der Waals surface area (Å²) >= 11 is 0. The minimum Gasteiger partial charge on any atom is -0.480 e. The van der Waals surface area contributed by atoms with Gasteiger partial charge >= 0.3 is 11.9 Å². The monoisotopic (exact) mass is 466 g/mol. The van der Waals surface area contributed by atoms with E-state index in [1.807, 2.05) is 0 Å². The molecular weight excluding hydrogens is 448 g/mol. The van der Waals surface area contributed by atoms with E-state index in [1.165, 1.54) is 18.3 Å². The number of nitrogen functional groups attached to an aromatic ring is 1. The summed E-state index contributed by atoms with van der Waals surface area (Å²) in [5.41, 5.74) is 6.44. The van der Waals surface area contributed by atoms with Crippen molar-refractivity contribution in [2.75, 3.05) is 11.1 Å². The fraction of sp³-hybridized carbons (Fsp3) is 0.200. The van der Waals surface area contributed by atoms with Crippen LogP contribution in [-0.4, -0.2) is 48.9 Å². The van der Waals surface area contributed by atoms with Crippen molar-refractivity contribution in [3.8, 4) is 0 Å². The number of nitrogens with zero attached hydrogens (tertiary/aromatic N) is 4. The second kappa shape index (κ2) is 10.5. The van der Waals surface area contributed by atoms with Crippen molar-refractivity contribution in [3.63, 3.8) is 0 Å². The van der Waals surface area contributed by atoms with Crippen molar-refractivity contribution >= 4 is 40.6 Å². The number of aromatic nitrogens is 4. The summed E-state index contributed by atoms with van der Waals surface area (Å²) in [5.74, 6) is -2.91. The number of nitrogens with one attached hydrogen (secondary N) is 3. The summed E-state index contributed by atoms with van der Waals surface area (Å²) in [5, 5.41) is 17.1. The Labute approximate surface area is 191 Å². The van der Waals surface area contributed by atoms with Gasteiger partial charge in [-0.1, -0.05) is 0 Å². The van der Waals surface area contributed by atoms with Gasteiger partial charge in [-0.3, -0.25) is 14.6 Å². The van der Waals surface area contributed by atoms with E-state index in [-0.39, 0.29) is 42.1 Å². The Bertz CT molecular complexity index is 1330. The summed E-state index contributed by atoms with van der Waals surface area (Å²) in [6.45, 7) is 6.66. The first-order valence-corrected chi connectivity index (χ1v) is 9.72. The van der Waals surface area contributed by atoms with E-state index in [9.17, 15) is 24.3 Å². The molecule has 0 aliphatic rings. The zero-order chi connectivity index (χ0) is 24.7. The number of H-pyrrole nitrogens is 1. The molecule has 0 aliphatic heterocycles. The van der Waals surface area contributed by atoms with Crippen LogP contribution in [0.15, 0.2) is 35.3 Å². The van der Waals surface area contributed by atoms with E-state index >= 15 is 0 Å². The van der Waals surface area contributed by atoms with Crippen LogP contribution in [0.2, 0.25) is 0 Å². The zero-order valence-electron chi connectivity index (χ0n) is 17.4. The molecular formula is C20H18N8O6. The van der Waals surface area contributed by atoms with Gasteiger partial charge in [0, 0.05) is 11.3 Å². The van der Waals surface area contributed by atoms with Crippen LogP contribution in [0.1, 0.15) is 28.9 Å². The highest BCUT2D eigenvalue weighted by atomic mass is 16.7. The average Bonchev–Trinajstić information content (AvgIpc) is 2.80. The molecule has 1 aromatic carbocycles. The smallest absolute Gasteiger partial charge is 0.395 e. The maximum atomic E-state index is 12.4. The zero-order valence-corrected chi connectivity index (χ0v) is 17.4. The number of hydrogen-bond acceptors (Lipinski definition) is 10. The van der Waals surface area contributed by atoms with Gasteiger partial charge in [-0.25, -0.2) is 19.6 Å². The molecule has 1 atom stereocenters. The lowest BCUT2D eigenvalue weighted by atomic mass is 10.1. The van der Waals surface area contributed by atoms with Gasteiger partial charge in [0.1, 0.15) is 6.04 Å². The first-order chi connectivity index (χ1) is 16.3. The van der Waals surface area contributed by atoms with Crippen molar-refractivity contribution < 1.29 is 24.3 Å². The Morgan fingerprint density at radius 3 is 2.65 bits per heavy atom. The molecule has 0 unspecified atom stereocenters. The summed E-state index contributed by atoms with van der Waals surface area (Å²) in [6.07, 6.45) is 0.880. The van der Waals surface area contributed by atoms with E-state index in [4.69, 9.17) is 12.3 Å². The minimum atomic E-state index is -1.33. The average molecular weight is 466 g/mol. The highest BCUT2D eigenvalue weighted by Gasteiger charge is 2.23. The van der Waals surface area contributed by atoms with E-state index in [2.05, 4.69) is 40.4 Å². The highest BCUT2D eigenvalue weighted by Crippen LogP contribution is 2.12. The summed E-state index contributed by atoms with van der Waals surface area (Å²) in [4.78, 5) is 65.5. The number of carboxylic acids is 1. The lowest BCUT2D eigenvalue weighted by Crippen LogP contribution is -2.41. The molecule has 0 saturated heterocycles. The minimum absolute atomic E-state index is 0.0517. The maximum absolute atomic E-state index is 12.4. The van der Waals surface area contributed by atoms with Crippen LogP contribution < -0.4 is 21.9 Å². The van der Waals surface area contributed by atoms with Crippen molar-refractivity contribution in [3.05, 3.63) is 63.7 Å². The normalized spacial score (nSPS) is 11.3. The number of carbonyl (C=O) groups excluding carboxylic acids is 2. The van der Waals surface area contributed by atoms with Gasteiger partial charge in [-0.15, -0.1) is 4.84 Å². The molecule has 14 heteroatoms. The van der Waals surface area contributed by atoms with Crippen molar-refractivity contribution in [1.82, 2.24) is 25.3 Å². The predicted octanol–water partition coefficient (Wildman–Crippen LogP) is 0.248. The van der Waals surface area contributed by atoms with Gasteiger partial charge in [-0.05, 0) is 35.7 Å². The molecule has 34 heavy (non-hydrogen) atoms. The Morgan fingerprint density at radius 1 is 1.24 bits per heavy atom. The number of hydrogen-bond donors (Lipinski definition) is 5. The first kappa shape index (κ1) is 23.6. The van der Waals surface area contributed by atoms with Crippen molar-refractivity contribution in [1.29, 1.82) is 0 Å². The molecule has 0 spiro atoms. The standard InChI is InChI=1S/C20H18N8O6/c1-22-34-14(29)7-6-13(19(32)33)26-17(30)10-2-4-11(5-3-10)23-8-12-9-24-16-15(25-12)18(31)28-20(21)27-16/h2-5,9,13,23H,6-8H2,(H,26,30)(H,32,33)(H3,21,24,27,28,31)/t13-/m0/s1. The molecule has 6 N–H and O–H groups in total. The van der Waals surface area contributed by atoms with Crippen LogP contribution in [0.4, 0.5) is 11.6 Å². The molecule has 1 amide bonds. The number of carbonyl (C=O) groups is 3. The number of nitrogens with two attached hydrogens (primary N) is 1. The van der Waals surface area contributed by atoms with E-state index < -0.39 is 29.4 Å². The van der Waals surface area contributed by atoms with Gasteiger partial charge < -0.3 is 21.5 Å². The van der Waals surface area contributed by atoms with E-state index in [0.717, 1.165) is 0 Å². The van der Waals surface area contributed by atoms with Crippen LogP contribution >= 0.6 is 0 Å². The quantitative estimate of drug-likeness (QED) is 0.213. The van der Waals surface area contributed by atoms with Crippen LogP contribution in [0.5, 0.6) is 0 Å². The third kappa shape index (κ3) is 6.01. The van der Waals surface area contributed by atoms with Crippen LogP contribution in [-0.2, 0) is 21.0 Å². The lowest BCUT2D eigenvalue weighted by molar-refractivity contribution is -0.141. The SMILES string of the molecule is [C-]#[N+]OC(=O)CC[C@H](NC(=O)c1ccc(NCc2cnc3nc(N)[nH]c(=O)c3n2)cc1)C(=O)O. The number of rotatable bonds is 9. The number of aromatic amines is 1. The topological polar surface area (TPSA) is 207 Å². The van der Waals surface area contributed by atoms with Crippen LogP contribution in [0.3, 0.4) is 0 Å². The first-order valence-electron chi connectivity index (χ1n) is 9.72. The second-order valence-corrected chi connectivity index (χ2v) is 6.87. The van der Waals surface area contributed by atoms with E-state index in [1.54, 1.807) is 12.1 Å². The molecule has 3 rings (SSSR count). The number of aliphatic carboxylic acids is 1. The number of carboxylic acid groups (broad SMARTS) is 1. The number of anilines is 2. The molecule has 0 radical (unpaired) electrons. The molecule has 174 valence electrons. The molecule has 0 fully saturated rings. The third-order valence-electron chi connectivity index (χ3n) is 4.49. The summed E-state index contributed by atoms with van der Waals surface area (Å²) < 4.78 is 0. The largest absolute Gasteiger partial charge is 0.480 e. The van der Waals surface area contributed by atoms with Gasteiger partial charge in [-0.2, -0.15) is 11.6 Å². The molecule has 2 aromatic heterocycles. The van der Waals surface area contributed by atoms with Gasteiger partial charge in [0.15, 0.2) is 11.2 Å². The molecule has 2 heterocycles.